The van der Waals surface area contributed by atoms with Gasteiger partial charge < -0.3 is 0 Å². The molecule has 0 radical (unpaired) electrons. The first kappa shape index (κ1) is 20.2. The van der Waals surface area contributed by atoms with Crippen molar-refractivity contribution in [2.45, 2.75) is 25.9 Å². The van der Waals surface area contributed by atoms with E-state index in [0.717, 1.165) is 16.7 Å². The highest BCUT2D eigenvalue weighted by Gasteiger charge is 2.49. The highest BCUT2D eigenvalue weighted by atomic mass is 32.2. The molecule has 2 aromatic rings. The fraction of sp³-hybridized carbons (Fsp3) is 0.263. The fourth-order valence-electron chi connectivity index (χ4n) is 2.36. The Labute approximate surface area is 151 Å². The zero-order valence-electron chi connectivity index (χ0n) is 14.5. The summed E-state index contributed by atoms with van der Waals surface area (Å²) in [5.74, 6) is 0. The molecule has 26 heavy (non-hydrogen) atoms. The smallest absolute Gasteiger partial charge is 0.203 e. The molecule has 0 fully saturated rings. The summed E-state index contributed by atoms with van der Waals surface area (Å²) in [7, 11) is -5.42. The van der Waals surface area contributed by atoms with E-state index in [-0.39, 0.29) is 13.1 Å². The molecular formula is C19H20F3NO2S. The van der Waals surface area contributed by atoms with Gasteiger partial charge in [-0.2, -0.15) is 17.5 Å². The standard InChI is InChI=1S/C19H20F3NO2S/c1-15-10-11-17(13-16(15)2)9-6-12-23(26(24,25)19(20,21)22)14-18-7-4-3-5-8-18/h3-11,13H,12,14H2,1-2H3/b9-6+. The van der Waals surface area contributed by atoms with Crippen molar-refractivity contribution >= 4 is 16.1 Å². The van der Waals surface area contributed by atoms with Crippen LogP contribution in [0.1, 0.15) is 22.3 Å². The number of sulfonamides is 1. The van der Waals surface area contributed by atoms with Crippen LogP contribution in [0.5, 0.6) is 0 Å². The van der Waals surface area contributed by atoms with E-state index in [1.165, 1.54) is 6.08 Å². The molecule has 0 amide bonds. The lowest BCUT2D eigenvalue weighted by Gasteiger charge is -2.22. The van der Waals surface area contributed by atoms with Crippen molar-refractivity contribution in [3.05, 3.63) is 76.9 Å². The maximum Gasteiger partial charge on any atom is 0.511 e. The second-order valence-electron chi connectivity index (χ2n) is 5.97. The number of halogens is 3. The van der Waals surface area contributed by atoms with Gasteiger partial charge in [-0.15, -0.1) is 0 Å². The van der Waals surface area contributed by atoms with Gasteiger partial charge >= 0.3 is 15.5 Å². The number of aryl methyl sites for hydroxylation is 2. The fourth-order valence-corrected chi connectivity index (χ4v) is 3.25. The van der Waals surface area contributed by atoms with Crippen molar-refractivity contribution in [3.63, 3.8) is 0 Å². The maximum absolute atomic E-state index is 13.0. The van der Waals surface area contributed by atoms with Crippen LogP contribution in [0, 0.1) is 13.8 Å². The molecule has 0 heterocycles. The van der Waals surface area contributed by atoms with Gasteiger partial charge in [0.1, 0.15) is 0 Å². The zero-order valence-corrected chi connectivity index (χ0v) is 15.3. The predicted octanol–water partition coefficient (Wildman–Crippen LogP) is 4.67. The highest BCUT2D eigenvalue weighted by molar-refractivity contribution is 7.89. The third-order valence-electron chi connectivity index (χ3n) is 3.98. The number of rotatable bonds is 6. The summed E-state index contributed by atoms with van der Waals surface area (Å²) in [6.07, 6.45) is 3.05. The summed E-state index contributed by atoms with van der Waals surface area (Å²) in [6.45, 7) is 3.17. The van der Waals surface area contributed by atoms with Crippen LogP contribution in [0.15, 0.2) is 54.6 Å². The van der Waals surface area contributed by atoms with E-state index < -0.39 is 15.5 Å². The first-order valence-corrected chi connectivity index (χ1v) is 9.39. The van der Waals surface area contributed by atoms with Crippen LogP contribution in [0.4, 0.5) is 13.2 Å². The van der Waals surface area contributed by atoms with Crippen molar-refractivity contribution in [2.75, 3.05) is 6.54 Å². The lowest BCUT2D eigenvalue weighted by Crippen LogP contribution is -2.40. The van der Waals surface area contributed by atoms with E-state index in [1.54, 1.807) is 36.4 Å². The molecule has 3 nitrogen and oxygen atoms in total. The van der Waals surface area contributed by atoms with Gasteiger partial charge in [-0.25, -0.2) is 8.42 Å². The first-order valence-electron chi connectivity index (χ1n) is 7.95. The highest BCUT2D eigenvalue weighted by Crippen LogP contribution is 2.28. The van der Waals surface area contributed by atoms with E-state index >= 15 is 0 Å². The summed E-state index contributed by atoms with van der Waals surface area (Å²) in [4.78, 5) is 0. The Balaban J connectivity index is 2.23. The molecule has 0 aliphatic carbocycles. The molecule has 0 atom stereocenters. The molecule has 0 aromatic heterocycles. The monoisotopic (exact) mass is 383 g/mol. The molecule has 0 N–H and O–H groups in total. The summed E-state index contributed by atoms with van der Waals surface area (Å²) in [5, 5.41) is 0. The normalized spacial score (nSPS) is 12.8. The third-order valence-corrected chi connectivity index (χ3v) is 5.53. The number of benzene rings is 2. The molecule has 140 valence electrons. The van der Waals surface area contributed by atoms with Gasteiger partial charge in [-0.1, -0.05) is 60.7 Å². The van der Waals surface area contributed by atoms with Crippen molar-refractivity contribution in [2.24, 2.45) is 0 Å². The van der Waals surface area contributed by atoms with Gasteiger partial charge in [0.05, 0.1) is 0 Å². The summed E-state index contributed by atoms with van der Waals surface area (Å²) in [6, 6.07) is 13.8. The lowest BCUT2D eigenvalue weighted by atomic mass is 10.1. The lowest BCUT2D eigenvalue weighted by molar-refractivity contribution is -0.0488. The summed E-state index contributed by atoms with van der Waals surface area (Å²) < 4.78 is 63.1. The van der Waals surface area contributed by atoms with E-state index in [0.29, 0.717) is 9.87 Å². The molecule has 0 saturated heterocycles. The van der Waals surface area contributed by atoms with Crippen LogP contribution >= 0.6 is 0 Å². The van der Waals surface area contributed by atoms with Gasteiger partial charge in [0.2, 0.25) is 0 Å². The number of hydrogen-bond donors (Lipinski definition) is 0. The molecule has 7 heteroatoms. The number of nitrogens with zero attached hydrogens (tertiary/aromatic N) is 1. The predicted molar refractivity (Wildman–Crippen MR) is 96.8 cm³/mol. The molecule has 0 aliphatic heterocycles. The Kier molecular flexibility index (Phi) is 6.26. The van der Waals surface area contributed by atoms with Gasteiger partial charge in [-0.05, 0) is 36.1 Å². The Hall–Kier alpha value is -2.12. The molecule has 0 bridgehead atoms. The SMILES string of the molecule is Cc1ccc(/C=C/CN(Cc2ccccc2)S(=O)(=O)C(F)(F)F)cc1C. The van der Waals surface area contributed by atoms with Crippen LogP contribution in [-0.4, -0.2) is 24.8 Å². The minimum absolute atomic E-state index is 0.347. The molecule has 2 aromatic carbocycles. The second kappa shape index (κ2) is 8.05. The molecule has 2 rings (SSSR count). The summed E-state index contributed by atoms with van der Waals surface area (Å²) in [5.41, 5.74) is -1.89. The molecule has 0 aliphatic rings. The van der Waals surface area contributed by atoms with Gasteiger partial charge in [0.15, 0.2) is 0 Å². The van der Waals surface area contributed by atoms with E-state index in [2.05, 4.69) is 0 Å². The quantitative estimate of drug-likeness (QED) is 0.727. The average Bonchev–Trinajstić information content (AvgIpc) is 2.57. The topological polar surface area (TPSA) is 37.4 Å². The van der Waals surface area contributed by atoms with Crippen LogP contribution in [0.2, 0.25) is 0 Å². The van der Waals surface area contributed by atoms with Crippen LogP contribution in [0.25, 0.3) is 6.08 Å². The largest absolute Gasteiger partial charge is 0.511 e. The Morgan fingerprint density at radius 2 is 1.65 bits per heavy atom. The number of hydrogen-bond acceptors (Lipinski definition) is 2. The van der Waals surface area contributed by atoms with Crippen molar-refractivity contribution in [1.29, 1.82) is 0 Å². The minimum Gasteiger partial charge on any atom is -0.203 e. The molecule has 0 unspecified atom stereocenters. The first-order chi connectivity index (χ1) is 12.1. The third kappa shape index (κ3) is 4.95. The average molecular weight is 383 g/mol. The molecule has 0 saturated carbocycles. The van der Waals surface area contributed by atoms with Crippen LogP contribution in [-0.2, 0) is 16.6 Å². The van der Waals surface area contributed by atoms with Gasteiger partial charge in [-0.3, -0.25) is 0 Å². The number of alkyl halides is 3. The minimum atomic E-state index is -5.42. The van der Waals surface area contributed by atoms with Gasteiger partial charge in [0, 0.05) is 13.1 Å². The molecular weight excluding hydrogens is 363 g/mol. The van der Waals surface area contributed by atoms with Gasteiger partial charge in [0.25, 0.3) is 0 Å². The van der Waals surface area contributed by atoms with Crippen LogP contribution < -0.4 is 0 Å². The van der Waals surface area contributed by atoms with E-state index in [4.69, 9.17) is 0 Å². The van der Waals surface area contributed by atoms with E-state index in [1.807, 2.05) is 32.0 Å². The Bertz CT molecular complexity index is 875. The maximum atomic E-state index is 13.0. The van der Waals surface area contributed by atoms with Crippen LogP contribution in [0.3, 0.4) is 0 Å². The zero-order chi connectivity index (χ0) is 19.4. The Morgan fingerprint density at radius 3 is 2.23 bits per heavy atom. The molecule has 0 spiro atoms. The van der Waals surface area contributed by atoms with Crippen molar-refractivity contribution in [1.82, 2.24) is 4.31 Å². The Morgan fingerprint density at radius 1 is 1.00 bits per heavy atom. The van der Waals surface area contributed by atoms with Crippen molar-refractivity contribution in [3.8, 4) is 0 Å². The second-order valence-corrected chi connectivity index (χ2v) is 7.90. The summed E-state index contributed by atoms with van der Waals surface area (Å²) >= 11 is 0. The van der Waals surface area contributed by atoms with E-state index in [9.17, 15) is 21.6 Å². The van der Waals surface area contributed by atoms with Crippen molar-refractivity contribution < 1.29 is 21.6 Å².